The van der Waals surface area contributed by atoms with Crippen molar-refractivity contribution < 1.29 is 8.83 Å². The van der Waals surface area contributed by atoms with Gasteiger partial charge in [0.05, 0.1) is 0 Å². The Morgan fingerprint density at radius 1 is 0.339 bits per heavy atom. The largest absolute Gasteiger partial charge is 0.456 e. The maximum atomic E-state index is 6.90. The number of para-hydroxylation sites is 2. The van der Waals surface area contributed by atoms with Crippen LogP contribution in [0.15, 0.2) is 154 Å². The summed E-state index contributed by atoms with van der Waals surface area (Å²) in [5.74, 6) is 0. The van der Waals surface area contributed by atoms with E-state index in [4.69, 9.17) is 8.83 Å². The van der Waals surface area contributed by atoms with E-state index in [1.165, 1.54) is 56.1 Å². The van der Waals surface area contributed by atoms with E-state index in [9.17, 15) is 0 Å². The van der Waals surface area contributed by atoms with Crippen molar-refractivity contribution in [1.29, 1.82) is 0 Å². The molecule has 2 aromatic heterocycles. The van der Waals surface area contributed by atoms with Gasteiger partial charge in [-0.2, -0.15) is 0 Å². The highest BCUT2D eigenvalue weighted by Crippen LogP contribution is 2.47. The fourth-order valence-electron chi connectivity index (χ4n) is 9.66. The Bertz CT molecular complexity index is 3400. The number of hydrogen-bond donors (Lipinski definition) is 0. The zero-order valence-corrected chi connectivity index (χ0v) is 36.6. The maximum absolute atomic E-state index is 6.90. The number of hydrogen-bond acceptors (Lipinski definition) is 4. The first-order valence-corrected chi connectivity index (χ1v) is 21.6. The molecule has 0 saturated heterocycles. The van der Waals surface area contributed by atoms with Crippen molar-refractivity contribution in [1.82, 2.24) is 0 Å². The van der Waals surface area contributed by atoms with Crippen molar-refractivity contribution in [2.24, 2.45) is 0 Å². The molecular formula is C58H48N2O2. The van der Waals surface area contributed by atoms with Gasteiger partial charge in [-0.25, -0.2) is 0 Å². The predicted molar refractivity (Wildman–Crippen MR) is 263 cm³/mol. The van der Waals surface area contributed by atoms with Crippen LogP contribution in [0.25, 0.3) is 65.4 Å². The predicted octanol–water partition coefficient (Wildman–Crippen LogP) is 17.2. The topological polar surface area (TPSA) is 32.8 Å². The minimum Gasteiger partial charge on any atom is -0.456 e. The Morgan fingerprint density at radius 3 is 1.16 bits per heavy atom. The molecule has 0 saturated carbocycles. The molecule has 0 bridgehead atoms. The van der Waals surface area contributed by atoms with Crippen molar-refractivity contribution >= 4 is 99.5 Å². The summed E-state index contributed by atoms with van der Waals surface area (Å²) in [6, 6.07) is 53.3. The molecule has 0 spiro atoms. The lowest BCUT2D eigenvalue weighted by molar-refractivity contribution is 0.657. The minimum absolute atomic E-state index is 0.872. The summed E-state index contributed by atoms with van der Waals surface area (Å²) in [6.07, 6.45) is 0. The molecule has 0 unspecified atom stereocenters. The molecule has 0 N–H and O–H groups in total. The SMILES string of the molecule is Cc1ccc(C)c(N(c2ccc3cc4c(cc3c2)oc2c(C)c(C)c3oc5cc6cc(N(c7ccccc7C)c7cc(C)ccc7C)ccc6cc5c3c24)c2ccccc2C)c1. The fraction of sp³-hybridized carbons (Fsp3) is 0.138. The van der Waals surface area contributed by atoms with Crippen LogP contribution in [0.2, 0.25) is 0 Å². The molecule has 0 radical (unpaired) electrons. The first-order valence-electron chi connectivity index (χ1n) is 21.6. The number of fused-ring (bicyclic) bond motifs is 9. The van der Waals surface area contributed by atoms with Crippen LogP contribution < -0.4 is 9.80 Å². The van der Waals surface area contributed by atoms with Crippen LogP contribution in [-0.2, 0) is 0 Å². The Morgan fingerprint density at radius 2 is 0.742 bits per heavy atom. The lowest BCUT2D eigenvalue weighted by atomic mass is 9.96. The van der Waals surface area contributed by atoms with Gasteiger partial charge in [0.25, 0.3) is 0 Å². The molecule has 302 valence electrons. The second-order valence-corrected chi connectivity index (χ2v) is 17.4. The molecule has 62 heavy (non-hydrogen) atoms. The summed E-state index contributed by atoms with van der Waals surface area (Å²) in [5, 5.41) is 8.99. The highest BCUT2D eigenvalue weighted by Gasteiger charge is 2.24. The Hall–Kier alpha value is -7.30. The third-order valence-electron chi connectivity index (χ3n) is 13.2. The number of furan rings is 2. The van der Waals surface area contributed by atoms with E-state index in [1.54, 1.807) is 0 Å². The minimum atomic E-state index is 0.872. The standard InChI is InChI=1S/C58H48N2O2/c1-33-17-19-37(5)51(25-33)59(49-15-11-9-13-35(49)3)45-23-21-41-29-47-53(31-43(41)27-45)61-57-39(7)40(8)58-56(55(47)57)48-30-42-22-24-46(28-44(42)32-54(48)62-58)60(50-16-12-10-14-36(50)4)52-26-34(2)18-20-38(52)6/h9-32H,1-8H3. The van der Waals surface area contributed by atoms with E-state index in [2.05, 4.69) is 211 Å². The molecule has 0 aliphatic rings. The van der Waals surface area contributed by atoms with E-state index >= 15 is 0 Å². The average molecular weight is 805 g/mol. The number of aryl methyl sites for hydroxylation is 8. The molecule has 0 aliphatic carbocycles. The van der Waals surface area contributed by atoms with Gasteiger partial charge in [0, 0.05) is 55.7 Å². The third-order valence-corrected chi connectivity index (χ3v) is 13.2. The molecule has 0 fully saturated rings. The maximum Gasteiger partial charge on any atom is 0.139 e. The second-order valence-electron chi connectivity index (χ2n) is 17.4. The third kappa shape index (κ3) is 5.89. The second kappa shape index (κ2) is 14.1. The number of anilines is 6. The van der Waals surface area contributed by atoms with Gasteiger partial charge in [-0.3, -0.25) is 0 Å². The van der Waals surface area contributed by atoms with Crippen molar-refractivity contribution in [3.8, 4) is 0 Å². The number of nitrogens with zero attached hydrogens (tertiary/aromatic N) is 2. The molecular weight excluding hydrogens is 757 g/mol. The normalized spacial score (nSPS) is 11.9. The van der Waals surface area contributed by atoms with Crippen LogP contribution in [-0.4, -0.2) is 0 Å². The van der Waals surface area contributed by atoms with Crippen LogP contribution in [0.1, 0.15) is 44.5 Å². The zero-order chi connectivity index (χ0) is 42.6. The van der Waals surface area contributed by atoms with Crippen LogP contribution in [0.3, 0.4) is 0 Å². The highest BCUT2D eigenvalue weighted by molar-refractivity contribution is 6.29. The number of benzene rings is 9. The van der Waals surface area contributed by atoms with E-state index in [0.29, 0.717) is 0 Å². The lowest BCUT2D eigenvalue weighted by Gasteiger charge is -2.29. The molecule has 0 atom stereocenters. The van der Waals surface area contributed by atoms with E-state index in [-0.39, 0.29) is 0 Å². The van der Waals surface area contributed by atoms with Crippen LogP contribution in [0, 0.1) is 55.4 Å². The Balaban J connectivity index is 1.09. The summed E-state index contributed by atoms with van der Waals surface area (Å²) in [7, 11) is 0. The monoisotopic (exact) mass is 804 g/mol. The lowest BCUT2D eigenvalue weighted by Crippen LogP contribution is -2.12. The van der Waals surface area contributed by atoms with Gasteiger partial charge in [-0.05, 0) is 194 Å². The van der Waals surface area contributed by atoms with Gasteiger partial charge in [0.1, 0.15) is 22.3 Å². The fourth-order valence-corrected chi connectivity index (χ4v) is 9.66. The van der Waals surface area contributed by atoms with Crippen molar-refractivity contribution in [3.63, 3.8) is 0 Å². The smallest absolute Gasteiger partial charge is 0.139 e. The quantitative estimate of drug-likeness (QED) is 0.168. The first-order chi connectivity index (χ1) is 30.0. The summed E-state index contributed by atoms with van der Waals surface area (Å²) < 4.78 is 13.8. The van der Waals surface area contributed by atoms with Crippen molar-refractivity contribution in [3.05, 3.63) is 190 Å². The van der Waals surface area contributed by atoms with Crippen molar-refractivity contribution in [2.45, 2.75) is 55.4 Å². The van der Waals surface area contributed by atoms with Gasteiger partial charge in [0.2, 0.25) is 0 Å². The molecule has 4 nitrogen and oxygen atoms in total. The van der Waals surface area contributed by atoms with Crippen LogP contribution >= 0.6 is 0 Å². The van der Waals surface area contributed by atoms with Crippen molar-refractivity contribution in [2.75, 3.05) is 9.80 Å². The molecule has 0 amide bonds. The van der Waals surface area contributed by atoms with Gasteiger partial charge in [-0.15, -0.1) is 0 Å². The average Bonchev–Trinajstić information content (AvgIpc) is 3.82. The molecule has 4 heteroatoms. The molecule has 11 rings (SSSR count). The van der Waals surface area contributed by atoms with Crippen LogP contribution in [0.4, 0.5) is 34.1 Å². The summed E-state index contributed by atoms with van der Waals surface area (Å²) in [6.45, 7) is 17.4. The first kappa shape index (κ1) is 37.7. The molecule has 9 aromatic carbocycles. The van der Waals surface area contributed by atoms with Gasteiger partial charge in [-0.1, -0.05) is 72.8 Å². The molecule has 2 heterocycles. The van der Waals surface area contributed by atoms with E-state index < -0.39 is 0 Å². The van der Waals surface area contributed by atoms with Gasteiger partial charge < -0.3 is 18.6 Å². The van der Waals surface area contributed by atoms with Gasteiger partial charge in [0.15, 0.2) is 0 Å². The summed E-state index contributed by atoms with van der Waals surface area (Å²) >= 11 is 0. The Labute approximate surface area is 362 Å². The van der Waals surface area contributed by atoms with Gasteiger partial charge >= 0.3 is 0 Å². The van der Waals surface area contributed by atoms with Crippen LogP contribution in [0.5, 0.6) is 0 Å². The number of rotatable bonds is 6. The summed E-state index contributed by atoms with van der Waals surface area (Å²) in [4.78, 5) is 4.79. The molecule has 0 aliphatic heterocycles. The summed E-state index contributed by atoms with van der Waals surface area (Å²) in [5.41, 5.74) is 20.0. The van der Waals surface area contributed by atoms with E-state index in [0.717, 1.165) is 87.9 Å². The zero-order valence-electron chi connectivity index (χ0n) is 36.6. The highest BCUT2D eigenvalue weighted by atomic mass is 16.3. The molecule has 11 aromatic rings. The Kier molecular flexibility index (Phi) is 8.59. The van der Waals surface area contributed by atoms with E-state index in [1.807, 2.05) is 0 Å².